The molecule has 0 saturated carbocycles. The van der Waals surface area contributed by atoms with E-state index in [1.807, 2.05) is 0 Å². The van der Waals surface area contributed by atoms with Gasteiger partial charge in [0.15, 0.2) is 22.8 Å². The molecule has 4 aromatic heterocycles. The molecule has 4 aromatic carbocycles. The van der Waals surface area contributed by atoms with Crippen LogP contribution in [0.2, 0.25) is 0 Å². The van der Waals surface area contributed by atoms with E-state index in [0.717, 1.165) is 70.5 Å². The van der Waals surface area contributed by atoms with Gasteiger partial charge in [0.25, 0.3) is 0 Å². The third-order valence-electron chi connectivity index (χ3n) is 14.2. The zero-order valence-electron chi connectivity index (χ0n) is 42.5. The van der Waals surface area contributed by atoms with Crippen molar-refractivity contribution in [2.24, 2.45) is 0 Å². The first kappa shape index (κ1) is 55.2. The molecular formula is C60H80Cl2N8+2. The minimum Gasteiger partial charge on any atom is -1.00 e. The van der Waals surface area contributed by atoms with E-state index in [-0.39, 0.29) is 24.8 Å². The zero-order chi connectivity index (χ0) is 47.8. The Hall–Kier alpha value is -5.70. The summed E-state index contributed by atoms with van der Waals surface area (Å²) in [7, 11) is 0. The van der Waals surface area contributed by atoms with Crippen LogP contribution in [0.15, 0.2) is 121 Å². The maximum atomic E-state index is 6.22. The molecule has 8 nitrogen and oxygen atoms in total. The van der Waals surface area contributed by atoms with Crippen LogP contribution in [0.1, 0.15) is 126 Å². The lowest BCUT2D eigenvalue weighted by atomic mass is 10.1. The third-order valence-corrected chi connectivity index (χ3v) is 14.2. The molecule has 8 N–H and O–H groups in total. The topological polar surface area (TPSA) is 120 Å². The predicted octanol–water partition coefficient (Wildman–Crippen LogP) is 6.35. The van der Waals surface area contributed by atoms with Gasteiger partial charge in [-0.25, -0.2) is 0 Å². The number of unbranched alkanes of at least 4 members (excludes halogenated alkanes) is 14. The Balaban J connectivity index is 0.000000254. The number of hydrogen-bond donors (Lipinski definition) is 4. The number of benzene rings is 4. The summed E-state index contributed by atoms with van der Waals surface area (Å²) in [5.41, 5.74) is 38.4. The SMILES string of the molecule is Cc1cc(N)c2ccccc2[n+]1CCCCCCCCCC[n+]1c(C)cc(N)c2ccccc21.Cc1cc(N)c2ccccc2[n+]1CCCCCCCCCC[n+]1c(C)cc(N)c2ccccc21.[Cl-].[Cl-]. The van der Waals surface area contributed by atoms with Gasteiger partial charge in [0.2, 0.25) is 22.1 Å². The molecule has 10 heteroatoms. The number of aryl methyl sites for hydroxylation is 8. The fraction of sp³-hybridized carbons (Fsp3) is 0.400. The molecule has 8 aromatic rings. The number of nitrogens with two attached hydrogens (primary N) is 4. The maximum Gasteiger partial charge on any atom is 0.214 e. The number of pyridine rings is 4. The molecule has 0 spiro atoms. The number of hydrogen-bond acceptors (Lipinski definition) is 4. The second-order valence-electron chi connectivity index (χ2n) is 19.3. The van der Waals surface area contributed by atoms with E-state index in [1.54, 1.807) is 0 Å². The quantitative estimate of drug-likeness (QED) is 0.0468. The van der Waals surface area contributed by atoms with Crippen LogP contribution in [-0.2, 0) is 26.2 Å². The Morgan fingerprint density at radius 1 is 0.271 bits per heavy atom. The number of anilines is 4. The van der Waals surface area contributed by atoms with Gasteiger partial charge < -0.3 is 47.7 Å². The summed E-state index contributed by atoms with van der Waals surface area (Å²) >= 11 is 0. The van der Waals surface area contributed by atoms with Crippen LogP contribution in [0.4, 0.5) is 22.7 Å². The summed E-state index contributed by atoms with van der Waals surface area (Å²) in [6.45, 7) is 12.9. The van der Waals surface area contributed by atoms with Crippen LogP contribution in [-0.4, -0.2) is 0 Å². The number of nitrogen functional groups attached to an aromatic ring is 4. The second-order valence-corrected chi connectivity index (χ2v) is 19.3. The second kappa shape index (κ2) is 27.6. The van der Waals surface area contributed by atoms with Crippen molar-refractivity contribution in [3.8, 4) is 0 Å². The normalized spacial score (nSPS) is 11.1. The molecule has 0 bridgehead atoms. The molecule has 0 amide bonds. The Morgan fingerprint density at radius 3 is 0.643 bits per heavy atom. The molecule has 372 valence electrons. The summed E-state index contributed by atoms with van der Waals surface area (Å²) in [4.78, 5) is 0. The smallest absolute Gasteiger partial charge is 0.214 e. The van der Waals surface area contributed by atoms with Gasteiger partial charge >= 0.3 is 0 Å². The first-order chi connectivity index (χ1) is 33.1. The van der Waals surface area contributed by atoms with Crippen LogP contribution in [0.25, 0.3) is 43.6 Å². The number of aromatic nitrogens is 4. The number of nitrogens with zero attached hydrogens (tertiary/aromatic N) is 4. The average molecular weight is 984 g/mol. The summed E-state index contributed by atoms with van der Waals surface area (Å²) < 4.78 is 9.69. The van der Waals surface area contributed by atoms with Gasteiger partial charge in [0, 0.05) is 102 Å². The van der Waals surface area contributed by atoms with Crippen molar-refractivity contribution in [3.05, 3.63) is 144 Å². The number of rotatable bonds is 22. The van der Waals surface area contributed by atoms with E-state index in [9.17, 15) is 0 Å². The van der Waals surface area contributed by atoms with Crippen molar-refractivity contribution < 1.29 is 43.1 Å². The summed E-state index contributed by atoms with van der Waals surface area (Å²) in [5, 5.41) is 4.64. The van der Waals surface area contributed by atoms with Gasteiger partial charge in [-0.3, -0.25) is 0 Å². The van der Waals surface area contributed by atoms with Crippen LogP contribution in [0, 0.1) is 27.7 Å². The molecule has 0 atom stereocenters. The lowest BCUT2D eigenvalue weighted by molar-refractivity contribution is -0.678. The molecule has 0 unspecified atom stereocenters. The van der Waals surface area contributed by atoms with Gasteiger partial charge in [-0.05, 0) is 49.9 Å². The van der Waals surface area contributed by atoms with Crippen LogP contribution < -0.4 is 66.0 Å². The summed E-state index contributed by atoms with van der Waals surface area (Å²) in [5.74, 6) is 0. The Morgan fingerprint density at radius 2 is 0.443 bits per heavy atom. The number of para-hydroxylation sites is 4. The third kappa shape index (κ3) is 14.2. The summed E-state index contributed by atoms with van der Waals surface area (Å²) in [6.07, 6.45) is 20.7. The molecule has 0 aliphatic carbocycles. The highest BCUT2D eigenvalue weighted by Crippen LogP contribution is 2.23. The van der Waals surface area contributed by atoms with E-state index in [2.05, 4.69) is 167 Å². The minimum atomic E-state index is 0. The van der Waals surface area contributed by atoms with Gasteiger partial charge in [0.05, 0.1) is 44.3 Å². The van der Waals surface area contributed by atoms with Crippen molar-refractivity contribution >= 4 is 66.4 Å². The van der Waals surface area contributed by atoms with Gasteiger partial charge in [-0.1, -0.05) is 99.9 Å². The van der Waals surface area contributed by atoms with Gasteiger partial charge in [-0.2, -0.15) is 18.3 Å². The molecule has 4 heterocycles. The zero-order valence-corrected chi connectivity index (χ0v) is 44.1. The predicted molar refractivity (Wildman–Crippen MR) is 287 cm³/mol. The van der Waals surface area contributed by atoms with Gasteiger partial charge in [-0.15, -0.1) is 0 Å². The van der Waals surface area contributed by atoms with Crippen molar-refractivity contribution in [2.45, 2.75) is 157 Å². The first-order valence-electron chi connectivity index (χ1n) is 25.8. The standard InChI is InChI=1S/2C30H38N4.2ClH/c2*1-23-21-27(31)25-15-9-11-17-29(25)33(23)19-13-7-5-3-4-6-8-14-20-34-24(2)22-28(32)26-16-10-12-18-30(26)34;;/h2*9-12,15-18,21-22,31-32H,3-8,13-14,19-20H2,1-2H3;2*1H/p+2. The fourth-order valence-corrected chi connectivity index (χ4v) is 10.5. The monoisotopic (exact) mass is 983 g/mol. The highest BCUT2D eigenvalue weighted by Gasteiger charge is 2.18. The molecule has 0 fully saturated rings. The Bertz CT molecular complexity index is 2540. The molecular weight excluding hydrogens is 904 g/mol. The van der Waals surface area contributed by atoms with E-state index in [4.69, 9.17) is 22.9 Å². The van der Waals surface area contributed by atoms with E-state index in [1.165, 1.54) is 148 Å². The molecule has 8 rings (SSSR count). The number of fused-ring (bicyclic) bond motifs is 4. The maximum absolute atomic E-state index is 6.22. The van der Waals surface area contributed by atoms with E-state index >= 15 is 0 Å². The van der Waals surface area contributed by atoms with Crippen LogP contribution >= 0.6 is 0 Å². The highest BCUT2D eigenvalue weighted by molar-refractivity contribution is 5.90. The molecule has 0 aliphatic rings. The average Bonchev–Trinajstić information content (AvgIpc) is 3.34. The first-order valence-corrected chi connectivity index (χ1v) is 25.8. The lowest BCUT2D eigenvalue weighted by Gasteiger charge is -2.08. The van der Waals surface area contributed by atoms with Crippen molar-refractivity contribution in [1.29, 1.82) is 0 Å². The van der Waals surface area contributed by atoms with Crippen LogP contribution in [0.3, 0.4) is 0 Å². The van der Waals surface area contributed by atoms with Crippen LogP contribution in [0.5, 0.6) is 0 Å². The fourth-order valence-electron chi connectivity index (χ4n) is 10.5. The van der Waals surface area contributed by atoms with Crippen molar-refractivity contribution in [3.63, 3.8) is 0 Å². The highest BCUT2D eigenvalue weighted by atomic mass is 35.5. The van der Waals surface area contributed by atoms with E-state index in [0.29, 0.717) is 0 Å². The minimum absolute atomic E-state index is 0. The van der Waals surface area contributed by atoms with Crippen molar-refractivity contribution in [1.82, 2.24) is 0 Å². The molecule has 0 aliphatic heterocycles. The largest absolute Gasteiger partial charge is 1.00 e. The molecule has 0 saturated heterocycles. The Kier molecular flexibility index (Phi) is 21.8. The molecule has 70 heavy (non-hydrogen) atoms. The Labute approximate surface area is 430 Å². The lowest BCUT2D eigenvalue weighted by Crippen LogP contribution is -3.00. The van der Waals surface area contributed by atoms with Gasteiger partial charge in [0.1, 0.15) is 26.2 Å². The molecule has 0 radical (unpaired) electrons. The van der Waals surface area contributed by atoms with Crippen molar-refractivity contribution in [2.75, 3.05) is 22.9 Å². The van der Waals surface area contributed by atoms with E-state index < -0.39 is 0 Å². The number of halogens is 2. The summed E-state index contributed by atoms with van der Waals surface area (Å²) in [6, 6.07) is 42.3.